The lowest BCUT2D eigenvalue weighted by Crippen LogP contribution is -2.27. The Morgan fingerprint density at radius 3 is 2.75 bits per heavy atom. The molecule has 1 amide bonds. The number of carbonyl (C=O) groups excluding carboxylic acids is 1. The van der Waals surface area contributed by atoms with Crippen LogP contribution in [0, 0.1) is 6.92 Å². The van der Waals surface area contributed by atoms with Gasteiger partial charge in [-0.1, -0.05) is 6.07 Å². The maximum Gasteiger partial charge on any atom is 0.256 e. The predicted octanol–water partition coefficient (Wildman–Crippen LogP) is 3.39. The molecule has 1 heterocycles. The molecule has 6 nitrogen and oxygen atoms in total. The molecule has 0 radical (unpaired) electrons. The van der Waals surface area contributed by atoms with Crippen molar-refractivity contribution in [3.05, 3.63) is 35.0 Å². The van der Waals surface area contributed by atoms with Crippen LogP contribution >= 0.6 is 11.5 Å². The normalized spacial score (nSPS) is 11.7. The van der Waals surface area contributed by atoms with Gasteiger partial charge < -0.3 is 20.1 Å². The molecule has 0 unspecified atom stereocenters. The molecule has 0 aliphatic carbocycles. The van der Waals surface area contributed by atoms with E-state index in [9.17, 15) is 4.79 Å². The second kappa shape index (κ2) is 8.01. The van der Waals surface area contributed by atoms with Gasteiger partial charge in [-0.15, -0.1) is 0 Å². The number of hydrogen-bond acceptors (Lipinski definition) is 6. The van der Waals surface area contributed by atoms with Crippen LogP contribution in [-0.2, 0) is 0 Å². The molecule has 2 rings (SSSR count). The molecular weight excluding hydrogens is 326 g/mol. The van der Waals surface area contributed by atoms with E-state index >= 15 is 0 Å². The van der Waals surface area contributed by atoms with Crippen LogP contribution in [0.2, 0.25) is 0 Å². The topological polar surface area (TPSA) is 72.5 Å². The van der Waals surface area contributed by atoms with E-state index in [4.69, 9.17) is 9.47 Å². The molecule has 2 N–H and O–H groups in total. The van der Waals surface area contributed by atoms with Crippen molar-refractivity contribution in [1.82, 2.24) is 9.69 Å². The molecule has 2 aromatic rings. The number of carbonyl (C=O) groups is 1. The van der Waals surface area contributed by atoms with E-state index < -0.39 is 0 Å². The average molecular weight is 349 g/mol. The van der Waals surface area contributed by atoms with Gasteiger partial charge in [0.05, 0.1) is 31.0 Å². The lowest BCUT2D eigenvalue weighted by Gasteiger charge is -2.17. The molecule has 1 atom stereocenters. The third-order valence-electron chi connectivity index (χ3n) is 3.65. The molecule has 1 aromatic heterocycles. The second-order valence-corrected chi connectivity index (χ2v) is 6.03. The van der Waals surface area contributed by atoms with E-state index in [2.05, 4.69) is 15.0 Å². The summed E-state index contributed by atoms with van der Waals surface area (Å²) in [5.41, 5.74) is 2.25. The summed E-state index contributed by atoms with van der Waals surface area (Å²) in [6.07, 6.45) is 0. The Hall–Kier alpha value is -2.28. The standard InChI is InChI=1S/C17H23N3O3S/c1-6-23-13-8-7-12(9-14(13)22-5)10(2)19-16(21)15-11(3)20-24-17(15)18-4/h7-10,18H,6H2,1-5H3,(H,19,21)/t10-/m0/s1. The number of nitrogens with one attached hydrogen (secondary N) is 2. The average Bonchev–Trinajstić information content (AvgIpc) is 2.96. The second-order valence-electron chi connectivity index (χ2n) is 5.26. The fourth-order valence-electron chi connectivity index (χ4n) is 2.39. The Bertz CT molecular complexity index is 715. The molecule has 0 aliphatic rings. The molecule has 0 saturated heterocycles. The van der Waals surface area contributed by atoms with E-state index in [0.717, 1.165) is 16.3 Å². The Morgan fingerprint density at radius 1 is 1.38 bits per heavy atom. The monoisotopic (exact) mass is 349 g/mol. The highest BCUT2D eigenvalue weighted by Gasteiger charge is 2.20. The van der Waals surface area contributed by atoms with Gasteiger partial charge in [0.1, 0.15) is 5.00 Å². The first kappa shape index (κ1) is 18.1. The number of benzene rings is 1. The van der Waals surface area contributed by atoms with Crippen molar-refractivity contribution in [2.45, 2.75) is 26.8 Å². The molecule has 7 heteroatoms. The van der Waals surface area contributed by atoms with E-state index in [1.807, 2.05) is 39.0 Å². The molecule has 130 valence electrons. The summed E-state index contributed by atoms with van der Waals surface area (Å²) >= 11 is 1.28. The number of aryl methyl sites for hydroxylation is 1. The van der Waals surface area contributed by atoms with Gasteiger partial charge in [-0.05, 0) is 50.0 Å². The van der Waals surface area contributed by atoms with Crippen molar-refractivity contribution in [2.24, 2.45) is 0 Å². The molecule has 0 aliphatic heterocycles. The summed E-state index contributed by atoms with van der Waals surface area (Å²) in [5.74, 6) is 1.20. The number of amides is 1. The summed E-state index contributed by atoms with van der Waals surface area (Å²) in [6.45, 7) is 6.25. The molecule has 0 saturated carbocycles. The SMILES string of the molecule is CCOc1ccc([C@H](C)NC(=O)c2c(C)nsc2NC)cc1OC. The summed E-state index contributed by atoms with van der Waals surface area (Å²) in [5, 5.41) is 6.78. The van der Waals surface area contributed by atoms with Crippen LogP contribution in [0.1, 0.15) is 41.5 Å². The zero-order chi connectivity index (χ0) is 17.7. The number of ether oxygens (including phenoxy) is 2. The number of anilines is 1. The van der Waals surface area contributed by atoms with Crippen molar-refractivity contribution < 1.29 is 14.3 Å². The Balaban J connectivity index is 2.18. The van der Waals surface area contributed by atoms with E-state index in [1.165, 1.54) is 11.5 Å². The van der Waals surface area contributed by atoms with E-state index in [1.54, 1.807) is 14.2 Å². The van der Waals surface area contributed by atoms with Gasteiger partial charge in [0, 0.05) is 7.05 Å². The third kappa shape index (κ3) is 3.79. The number of methoxy groups -OCH3 is 1. The summed E-state index contributed by atoms with van der Waals surface area (Å²) in [4.78, 5) is 12.6. The first-order valence-corrected chi connectivity index (χ1v) is 8.54. The van der Waals surface area contributed by atoms with Crippen LogP contribution in [0.15, 0.2) is 18.2 Å². The van der Waals surface area contributed by atoms with Gasteiger partial charge in [-0.2, -0.15) is 4.37 Å². The Kier molecular flexibility index (Phi) is 6.03. The molecule has 0 spiro atoms. The van der Waals surface area contributed by atoms with Crippen LogP contribution in [-0.4, -0.2) is 31.0 Å². The zero-order valence-corrected chi connectivity index (χ0v) is 15.4. The molecule has 0 bridgehead atoms. The van der Waals surface area contributed by atoms with Gasteiger partial charge in [-0.25, -0.2) is 0 Å². The van der Waals surface area contributed by atoms with Crippen LogP contribution < -0.4 is 20.1 Å². The van der Waals surface area contributed by atoms with Crippen LogP contribution in [0.4, 0.5) is 5.00 Å². The van der Waals surface area contributed by atoms with Crippen molar-refractivity contribution >= 4 is 22.4 Å². The predicted molar refractivity (Wildman–Crippen MR) is 96.4 cm³/mol. The summed E-state index contributed by atoms with van der Waals surface area (Å²) in [7, 11) is 3.38. The lowest BCUT2D eigenvalue weighted by atomic mass is 10.1. The van der Waals surface area contributed by atoms with Crippen molar-refractivity contribution in [3.8, 4) is 11.5 Å². The van der Waals surface area contributed by atoms with E-state index in [-0.39, 0.29) is 11.9 Å². The van der Waals surface area contributed by atoms with Gasteiger partial charge in [0.2, 0.25) is 0 Å². The zero-order valence-electron chi connectivity index (χ0n) is 14.6. The van der Waals surface area contributed by atoms with Gasteiger partial charge in [-0.3, -0.25) is 4.79 Å². The molecular formula is C17H23N3O3S. The van der Waals surface area contributed by atoms with Crippen molar-refractivity contribution in [2.75, 3.05) is 26.1 Å². The molecule has 0 fully saturated rings. The number of aromatic nitrogens is 1. The maximum absolute atomic E-state index is 12.6. The third-order valence-corrected chi connectivity index (χ3v) is 4.61. The van der Waals surface area contributed by atoms with Gasteiger partial charge in [0.15, 0.2) is 11.5 Å². The number of nitrogens with zero attached hydrogens (tertiary/aromatic N) is 1. The largest absolute Gasteiger partial charge is 0.493 e. The van der Waals surface area contributed by atoms with E-state index in [0.29, 0.717) is 23.7 Å². The van der Waals surface area contributed by atoms with Gasteiger partial charge >= 0.3 is 0 Å². The van der Waals surface area contributed by atoms with Crippen LogP contribution in [0.3, 0.4) is 0 Å². The Morgan fingerprint density at radius 2 is 2.12 bits per heavy atom. The minimum atomic E-state index is -0.175. The van der Waals surface area contributed by atoms with Crippen LogP contribution in [0.25, 0.3) is 0 Å². The summed E-state index contributed by atoms with van der Waals surface area (Å²) < 4.78 is 15.1. The number of rotatable bonds is 7. The Labute approximate surface area is 146 Å². The summed E-state index contributed by atoms with van der Waals surface area (Å²) in [6, 6.07) is 5.49. The first-order valence-electron chi connectivity index (χ1n) is 7.77. The highest BCUT2D eigenvalue weighted by Crippen LogP contribution is 2.31. The van der Waals surface area contributed by atoms with Crippen molar-refractivity contribution in [1.29, 1.82) is 0 Å². The minimum Gasteiger partial charge on any atom is -0.493 e. The smallest absolute Gasteiger partial charge is 0.256 e. The maximum atomic E-state index is 12.6. The first-order chi connectivity index (χ1) is 11.5. The minimum absolute atomic E-state index is 0.147. The highest BCUT2D eigenvalue weighted by molar-refractivity contribution is 7.10. The van der Waals surface area contributed by atoms with Crippen LogP contribution in [0.5, 0.6) is 11.5 Å². The fraction of sp³-hybridized carbons (Fsp3) is 0.412. The lowest BCUT2D eigenvalue weighted by molar-refractivity contribution is 0.0940. The molecule has 24 heavy (non-hydrogen) atoms. The van der Waals surface area contributed by atoms with Crippen molar-refractivity contribution in [3.63, 3.8) is 0 Å². The fourth-order valence-corrected chi connectivity index (χ4v) is 3.13. The number of hydrogen-bond donors (Lipinski definition) is 2. The van der Waals surface area contributed by atoms with Gasteiger partial charge in [0.25, 0.3) is 5.91 Å². The highest BCUT2D eigenvalue weighted by atomic mass is 32.1. The molecule has 1 aromatic carbocycles. The quantitative estimate of drug-likeness (QED) is 0.802.